The number of nitrogens with one attached hydrogen (secondary N) is 2. The van der Waals surface area contributed by atoms with Crippen LogP contribution in [0.5, 0.6) is 0 Å². The molecule has 3 N–H and O–H groups in total. The Hall–Kier alpha value is -1.63. The molecule has 6 nitrogen and oxygen atoms in total. The van der Waals surface area contributed by atoms with Gasteiger partial charge in [0.1, 0.15) is 5.01 Å². The van der Waals surface area contributed by atoms with E-state index < -0.39 is 5.97 Å². The summed E-state index contributed by atoms with van der Waals surface area (Å²) >= 11 is 1.23. The lowest BCUT2D eigenvalue weighted by atomic mass is 9.83. The Kier molecular flexibility index (Phi) is 5.55. The summed E-state index contributed by atoms with van der Waals surface area (Å²) in [5, 5.41) is 16.4. The normalized spacial score (nSPS) is 21.8. The van der Waals surface area contributed by atoms with Crippen molar-refractivity contribution in [1.29, 1.82) is 0 Å². The third-order valence-corrected chi connectivity index (χ3v) is 4.71. The molecule has 21 heavy (non-hydrogen) atoms. The molecular weight excluding hydrogens is 290 g/mol. The van der Waals surface area contributed by atoms with E-state index in [1.807, 2.05) is 0 Å². The van der Waals surface area contributed by atoms with E-state index in [2.05, 4.69) is 22.5 Å². The lowest BCUT2D eigenvalue weighted by Gasteiger charge is -2.26. The molecule has 0 spiro atoms. The third-order valence-electron chi connectivity index (χ3n) is 3.86. The molecule has 1 heterocycles. The van der Waals surface area contributed by atoms with E-state index in [9.17, 15) is 9.59 Å². The van der Waals surface area contributed by atoms with E-state index in [0.29, 0.717) is 17.5 Å². The average molecular weight is 311 g/mol. The summed E-state index contributed by atoms with van der Waals surface area (Å²) in [7, 11) is 0. The number of amides is 2. The maximum absolute atomic E-state index is 11.7. The number of carbonyl (C=O) groups is 2. The quantitative estimate of drug-likeness (QED) is 0.779. The third kappa shape index (κ3) is 5.00. The van der Waals surface area contributed by atoms with Gasteiger partial charge in [-0.05, 0) is 24.7 Å². The summed E-state index contributed by atoms with van der Waals surface area (Å²) in [6.07, 6.45) is 4.84. The highest BCUT2D eigenvalue weighted by Crippen LogP contribution is 2.27. The van der Waals surface area contributed by atoms with Crippen molar-refractivity contribution in [3.05, 3.63) is 16.1 Å². The molecule has 2 amide bonds. The highest BCUT2D eigenvalue weighted by atomic mass is 32.1. The van der Waals surface area contributed by atoms with Gasteiger partial charge in [-0.1, -0.05) is 19.8 Å². The predicted octanol–water partition coefficient (Wildman–Crippen LogP) is 2.47. The van der Waals surface area contributed by atoms with Gasteiger partial charge in [0.2, 0.25) is 0 Å². The Labute approximate surface area is 128 Å². The van der Waals surface area contributed by atoms with Gasteiger partial charge in [-0.15, -0.1) is 11.3 Å². The topological polar surface area (TPSA) is 91.3 Å². The number of rotatable bonds is 5. The van der Waals surface area contributed by atoms with Gasteiger partial charge in [0.05, 0.1) is 6.54 Å². The number of carboxylic acids is 1. The first kappa shape index (κ1) is 15.8. The van der Waals surface area contributed by atoms with Crippen molar-refractivity contribution in [2.24, 2.45) is 11.8 Å². The molecule has 0 aliphatic heterocycles. The summed E-state index contributed by atoms with van der Waals surface area (Å²) < 4.78 is 0. The Morgan fingerprint density at radius 1 is 1.33 bits per heavy atom. The first-order valence-corrected chi connectivity index (χ1v) is 8.12. The minimum Gasteiger partial charge on any atom is -0.476 e. The van der Waals surface area contributed by atoms with Crippen LogP contribution in [0.2, 0.25) is 0 Å². The Morgan fingerprint density at radius 2 is 2.05 bits per heavy atom. The Morgan fingerprint density at radius 3 is 2.67 bits per heavy atom. The molecule has 1 aliphatic rings. The fraction of sp³-hybridized carbons (Fsp3) is 0.643. The van der Waals surface area contributed by atoms with Crippen LogP contribution in [0.3, 0.4) is 0 Å². The lowest BCUT2D eigenvalue weighted by Crippen LogP contribution is -2.38. The molecule has 0 bridgehead atoms. The molecule has 0 atom stereocenters. The van der Waals surface area contributed by atoms with Crippen molar-refractivity contribution in [1.82, 2.24) is 15.6 Å². The van der Waals surface area contributed by atoms with Gasteiger partial charge >= 0.3 is 12.0 Å². The monoisotopic (exact) mass is 311 g/mol. The number of hydrogen-bond acceptors (Lipinski definition) is 4. The summed E-state index contributed by atoms with van der Waals surface area (Å²) in [5.41, 5.74) is 0.0218. The first-order valence-electron chi connectivity index (χ1n) is 7.24. The van der Waals surface area contributed by atoms with Crippen LogP contribution in [0, 0.1) is 11.8 Å². The zero-order chi connectivity index (χ0) is 15.2. The van der Waals surface area contributed by atoms with Crippen LogP contribution < -0.4 is 10.6 Å². The van der Waals surface area contributed by atoms with Crippen molar-refractivity contribution >= 4 is 23.3 Å². The minimum absolute atomic E-state index is 0.0218. The molecule has 0 unspecified atom stereocenters. The fourth-order valence-corrected chi connectivity index (χ4v) is 3.19. The zero-order valence-electron chi connectivity index (χ0n) is 12.1. The van der Waals surface area contributed by atoms with Crippen LogP contribution in [-0.4, -0.2) is 28.6 Å². The number of nitrogens with zero attached hydrogens (tertiary/aromatic N) is 1. The highest BCUT2D eigenvalue weighted by Gasteiger charge is 2.18. The average Bonchev–Trinajstić information content (AvgIpc) is 2.93. The molecule has 0 saturated heterocycles. The highest BCUT2D eigenvalue weighted by molar-refractivity contribution is 7.09. The molecule has 7 heteroatoms. The summed E-state index contributed by atoms with van der Waals surface area (Å²) in [4.78, 5) is 26.3. The van der Waals surface area contributed by atoms with E-state index >= 15 is 0 Å². The SMILES string of the molecule is CC1CCC(CNC(=O)NCc2nc(C(=O)O)cs2)CC1. The van der Waals surface area contributed by atoms with Gasteiger partial charge in [-0.25, -0.2) is 14.6 Å². The van der Waals surface area contributed by atoms with Crippen LogP contribution in [0.1, 0.15) is 48.1 Å². The minimum atomic E-state index is -1.05. The van der Waals surface area contributed by atoms with Crippen molar-refractivity contribution in [3.8, 4) is 0 Å². The van der Waals surface area contributed by atoms with Gasteiger partial charge < -0.3 is 15.7 Å². The van der Waals surface area contributed by atoms with Crippen LogP contribution in [0.25, 0.3) is 0 Å². The van der Waals surface area contributed by atoms with Gasteiger partial charge in [0.15, 0.2) is 5.69 Å². The number of aromatic nitrogens is 1. The maximum Gasteiger partial charge on any atom is 0.355 e. The molecule has 2 rings (SSSR count). The lowest BCUT2D eigenvalue weighted by molar-refractivity contribution is 0.0691. The largest absolute Gasteiger partial charge is 0.476 e. The predicted molar refractivity (Wildman–Crippen MR) is 80.4 cm³/mol. The van der Waals surface area contributed by atoms with Crippen LogP contribution in [-0.2, 0) is 6.54 Å². The van der Waals surface area contributed by atoms with Crippen molar-refractivity contribution < 1.29 is 14.7 Å². The number of thiazole rings is 1. The second-order valence-corrected chi connectivity index (χ2v) is 6.56. The molecule has 0 aromatic carbocycles. The smallest absolute Gasteiger partial charge is 0.355 e. The van der Waals surface area contributed by atoms with Gasteiger partial charge in [0, 0.05) is 11.9 Å². The zero-order valence-corrected chi connectivity index (χ0v) is 12.9. The molecule has 1 saturated carbocycles. The maximum atomic E-state index is 11.7. The van der Waals surface area contributed by atoms with Gasteiger partial charge in [-0.3, -0.25) is 0 Å². The van der Waals surface area contributed by atoms with E-state index in [0.717, 1.165) is 5.92 Å². The van der Waals surface area contributed by atoms with Crippen molar-refractivity contribution in [2.45, 2.75) is 39.2 Å². The molecule has 1 aromatic heterocycles. The Bertz CT molecular complexity index is 495. The fourth-order valence-electron chi connectivity index (χ4n) is 2.48. The van der Waals surface area contributed by atoms with E-state index in [4.69, 9.17) is 5.11 Å². The van der Waals surface area contributed by atoms with Gasteiger partial charge in [-0.2, -0.15) is 0 Å². The molecule has 116 valence electrons. The summed E-state index contributed by atoms with van der Waals surface area (Å²) in [6.45, 7) is 3.23. The standard InChI is InChI=1S/C14H21N3O3S/c1-9-2-4-10(5-3-9)6-15-14(20)16-7-12-17-11(8-21-12)13(18)19/h8-10H,2-7H2,1H3,(H,18,19)(H2,15,16,20). The molecule has 0 radical (unpaired) electrons. The number of urea groups is 1. The first-order chi connectivity index (χ1) is 10.0. The van der Waals surface area contributed by atoms with E-state index in [1.165, 1.54) is 42.4 Å². The van der Waals surface area contributed by atoms with E-state index in [-0.39, 0.29) is 18.3 Å². The molecule has 1 aliphatic carbocycles. The molecule has 1 aromatic rings. The molecular formula is C14H21N3O3S. The second kappa shape index (κ2) is 7.40. The van der Waals surface area contributed by atoms with Crippen LogP contribution in [0.4, 0.5) is 4.79 Å². The summed E-state index contributed by atoms with van der Waals surface area (Å²) in [6, 6.07) is -0.222. The Balaban J connectivity index is 1.66. The van der Waals surface area contributed by atoms with Crippen LogP contribution in [0.15, 0.2) is 5.38 Å². The summed E-state index contributed by atoms with van der Waals surface area (Å²) in [5.74, 6) is 0.335. The van der Waals surface area contributed by atoms with Crippen molar-refractivity contribution in [3.63, 3.8) is 0 Å². The van der Waals surface area contributed by atoms with Gasteiger partial charge in [0.25, 0.3) is 0 Å². The number of carboxylic acid groups (broad SMARTS) is 1. The van der Waals surface area contributed by atoms with E-state index in [1.54, 1.807) is 0 Å². The second-order valence-electron chi connectivity index (χ2n) is 5.62. The molecule has 1 fully saturated rings. The van der Waals surface area contributed by atoms with Crippen molar-refractivity contribution in [2.75, 3.05) is 6.54 Å². The number of aromatic carboxylic acids is 1. The van der Waals surface area contributed by atoms with Crippen LogP contribution >= 0.6 is 11.3 Å². The number of hydrogen-bond donors (Lipinski definition) is 3. The number of carbonyl (C=O) groups excluding carboxylic acids is 1.